The van der Waals surface area contributed by atoms with Crippen molar-refractivity contribution >= 4 is 5.97 Å². The van der Waals surface area contributed by atoms with Crippen molar-refractivity contribution in [2.24, 2.45) is 0 Å². The molecule has 0 heterocycles. The van der Waals surface area contributed by atoms with Crippen LogP contribution in [0.15, 0.2) is 12.1 Å². The number of carboxylic acids is 1. The van der Waals surface area contributed by atoms with Gasteiger partial charge >= 0.3 is 5.97 Å². The Morgan fingerprint density at radius 3 is 2.44 bits per heavy atom. The number of hydrogen-bond donors (Lipinski definition) is 1. The van der Waals surface area contributed by atoms with Crippen LogP contribution >= 0.6 is 0 Å². The van der Waals surface area contributed by atoms with E-state index in [0.717, 1.165) is 0 Å². The first-order valence-electron chi connectivity index (χ1n) is 4.62. The quantitative estimate of drug-likeness (QED) is 0.835. The molecule has 0 atom stereocenters. The summed E-state index contributed by atoms with van der Waals surface area (Å²) in [6.07, 6.45) is 0. The van der Waals surface area contributed by atoms with Crippen LogP contribution in [-0.2, 0) is 22.7 Å². The van der Waals surface area contributed by atoms with Gasteiger partial charge in [0, 0.05) is 19.8 Å². The molecule has 1 aromatic carbocycles. The highest BCUT2D eigenvalue weighted by Crippen LogP contribution is 2.18. The average Bonchev–Trinajstić information content (AvgIpc) is 2.23. The standard InChI is InChI=1S/C11H13FO4/c1-15-5-7-3-8(6-16-2)10(12)9(4-7)11(13)14/h3-4H,5-6H2,1-2H3,(H,13,14). The van der Waals surface area contributed by atoms with Crippen LogP contribution in [0.4, 0.5) is 4.39 Å². The Hall–Kier alpha value is -1.46. The van der Waals surface area contributed by atoms with E-state index in [0.29, 0.717) is 5.56 Å². The Balaban J connectivity index is 3.21. The first kappa shape index (κ1) is 12.6. The second-order valence-electron chi connectivity index (χ2n) is 3.29. The SMILES string of the molecule is COCc1cc(COC)c(F)c(C(=O)O)c1. The van der Waals surface area contributed by atoms with Crippen LogP contribution < -0.4 is 0 Å². The van der Waals surface area contributed by atoms with Gasteiger partial charge < -0.3 is 14.6 Å². The van der Waals surface area contributed by atoms with Crippen molar-refractivity contribution in [2.75, 3.05) is 14.2 Å². The van der Waals surface area contributed by atoms with E-state index in [4.69, 9.17) is 14.6 Å². The molecule has 0 aliphatic rings. The molecule has 88 valence electrons. The Morgan fingerprint density at radius 2 is 1.94 bits per heavy atom. The summed E-state index contributed by atoms with van der Waals surface area (Å²) in [5, 5.41) is 8.83. The van der Waals surface area contributed by atoms with Crippen molar-refractivity contribution in [1.82, 2.24) is 0 Å². The smallest absolute Gasteiger partial charge is 0.338 e. The maximum absolute atomic E-state index is 13.6. The molecule has 0 radical (unpaired) electrons. The van der Waals surface area contributed by atoms with Crippen molar-refractivity contribution in [3.63, 3.8) is 0 Å². The molecule has 5 heteroatoms. The molecule has 0 aliphatic carbocycles. The zero-order chi connectivity index (χ0) is 12.1. The normalized spacial score (nSPS) is 10.4. The van der Waals surface area contributed by atoms with Crippen molar-refractivity contribution in [3.8, 4) is 0 Å². The van der Waals surface area contributed by atoms with Gasteiger partial charge in [0.25, 0.3) is 0 Å². The molecule has 0 aliphatic heterocycles. The van der Waals surface area contributed by atoms with E-state index in [-0.39, 0.29) is 24.3 Å². The van der Waals surface area contributed by atoms with Crippen LogP contribution in [0.3, 0.4) is 0 Å². The number of benzene rings is 1. The lowest BCUT2D eigenvalue weighted by atomic mass is 10.1. The molecule has 0 unspecified atom stereocenters. The summed E-state index contributed by atoms with van der Waals surface area (Å²) in [5.41, 5.74) is 0.462. The number of ether oxygens (including phenoxy) is 2. The van der Waals surface area contributed by atoms with E-state index >= 15 is 0 Å². The van der Waals surface area contributed by atoms with E-state index < -0.39 is 11.8 Å². The number of carbonyl (C=O) groups is 1. The average molecular weight is 228 g/mol. The van der Waals surface area contributed by atoms with Gasteiger partial charge in [-0.1, -0.05) is 0 Å². The third-order valence-corrected chi connectivity index (χ3v) is 2.05. The molecule has 0 saturated heterocycles. The molecule has 16 heavy (non-hydrogen) atoms. The van der Waals surface area contributed by atoms with Gasteiger partial charge in [-0.15, -0.1) is 0 Å². The van der Waals surface area contributed by atoms with Gasteiger partial charge in [-0.3, -0.25) is 0 Å². The third-order valence-electron chi connectivity index (χ3n) is 2.05. The van der Waals surface area contributed by atoms with Gasteiger partial charge in [-0.05, 0) is 17.7 Å². The van der Waals surface area contributed by atoms with E-state index in [9.17, 15) is 9.18 Å². The Labute approximate surface area is 92.6 Å². The number of hydrogen-bond acceptors (Lipinski definition) is 3. The maximum Gasteiger partial charge on any atom is 0.338 e. The number of aromatic carboxylic acids is 1. The molecule has 0 aromatic heterocycles. The Kier molecular flexibility index (Phi) is 4.39. The van der Waals surface area contributed by atoms with E-state index in [2.05, 4.69) is 0 Å². The summed E-state index contributed by atoms with van der Waals surface area (Å²) in [6, 6.07) is 2.80. The first-order valence-corrected chi connectivity index (χ1v) is 4.62. The molecule has 1 aromatic rings. The Bertz CT molecular complexity index is 390. The summed E-state index contributed by atoms with van der Waals surface area (Å²) in [5.74, 6) is -2.05. The second-order valence-corrected chi connectivity index (χ2v) is 3.29. The molecule has 0 fully saturated rings. The molecule has 0 saturated carbocycles. The fourth-order valence-electron chi connectivity index (χ4n) is 1.42. The lowest BCUT2D eigenvalue weighted by Crippen LogP contribution is -2.07. The van der Waals surface area contributed by atoms with Crippen LogP contribution in [0.25, 0.3) is 0 Å². The maximum atomic E-state index is 13.6. The largest absolute Gasteiger partial charge is 0.478 e. The van der Waals surface area contributed by atoms with Crippen LogP contribution in [0.2, 0.25) is 0 Å². The van der Waals surface area contributed by atoms with Gasteiger partial charge in [-0.25, -0.2) is 9.18 Å². The summed E-state index contributed by atoms with van der Waals surface area (Å²) in [7, 11) is 2.91. The van der Waals surface area contributed by atoms with Crippen molar-refractivity contribution in [3.05, 3.63) is 34.6 Å². The molecule has 4 nitrogen and oxygen atoms in total. The lowest BCUT2D eigenvalue weighted by Gasteiger charge is -2.08. The summed E-state index contributed by atoms with van der Waals surface area (Å²) >= 11 is 0. The van der Waals surface area contributed by atoms with Crippen LogP contribution in [-0.4, -0.2) is 25.3 Å². The fourth-order valence-corrected chi connectivity index (χ4v) is 1.42. The number of rotatable bonds is 5. The van der Waals surface area contributed by atoms with Crippen LogP contribution in [0.1, 0.15) is 21.5 Å². The molecule has 1 rings (SSSR count). The lowest BCUT2D eigenvalue weighted by molar-refractivity contribution is 0.0690. The van der Waals surface area contributed by atoms with E-state index in [1.807, 2.05) is 0 Å². The first-order chi connectivity index (χ1) is 7.60. The minimum absolute atomic E-state index is 0.0314. The number of carboxylic acid groups (broad SMARTS) is 1. The molecule has 0 bridgehead atoms. The highest BCUT2D eigenvalue weighted by atomic mass is 19.1. The monoisotopic (exact) mass is 228 g/mol. The topological polar surface area (TPSA) is 55.8 Å². The Morgan fingerprint density at radius 1 is 1.31 bits per heavy atom. The van der Waals surface area contributed by atoms with Crippen LogP contribution in [0, 0.1) is 5.82 Å². The molecule has 0 amide bonds. The summed E-state index contributed by atoms with van der Waals surface area (Å²) in [4.78, 5) is 10.8. The van der Waals surface area contributed by atoms with Crippen molar-refractivity contribution in [2.45, 2.75) is 13.2 Å². The predicted molar refractivity (Wildman–Crippen MR) is 54.8 cm³/mol. The fraction of sp³-hybridized carbons (Fsp3) is 0.364. The summed E-state index contributed by atoms with van der Waals surface area (Å²) in [6.45, 7) is 0.265. The summed E-state index contributed by atoms with van der Waals surface area (Å²) < 4.78 is 23.3. The molecular formula is C11H13FO4. The van der Waals surface area contributed by atoms with Gasteiger partial charge in [0.15, 0.2) is 0 Å². The minimum Gasteiger partial charge on any atom is -0.478 e. The van der Waals surface area contributed by atoms with Crippen molar-refractivity contribution in [1.29, 1.82) is 0 Å². The zero-order valence-corrected chi connectivity index (χ0v) is 9.12. The predicted octanol–water partition coefficient (Wildman–Crippen LogP) is 1.82. The molecular weight excluding hydrogens is 215 g/mol. The highest BCUT2D eigenvalue weighted by molar-refractivity contribution is 5.88. The minimum atomic E-state index is -1.30. The van der Waals surface area contributed by atoms with E-state index in [1.165, 1.54) is 26.4 Å². The number of halogens is 1. The van der Waals surface area contributed by atoms with Gasteiger partial charge in [-0.2, -0.15) is 0 Å². The van der Waals surface area contributed by atoms with Gasteiger partial charge in [0.05, 0.1) is 18.8 Å². The zero-order valence-electron chi connectivity index (χ0n) is 9.12. The molecule has 1 N–H and O–H groups in total. The number of methoxy groups -OCH3 is 2. The third kappa shape index (κ3) is 2.77. The van der Waals surface area contributed by atoms with Crippen molar-refractivity contribution < 1.29 is 23.8 Å². The molecule has 0 spiro atoms. The van der Waals surface area contributed by atoms with E-state index in [1.54, 1.807) is 0 Å². The highest BCUT2D eigenvalue weighted by Gasteiger charge is 2.16. The van der Waals surface area contributed by atoms with Crippen LogP contribution in [0.5, 0.6) is 0 Å². The van der Waals surface area contributed by atoms with Gasteiger partial charge in [0.2, 0.25) is 0 Å². The van der Waals surface area contributed by atoms with Gasteiger partial charge in [0.1, 0.15) is 5.82 Å². The second kappa shape index (κ2) is 5.58.